The Kier molecular flexibility index (Phi) is 5.79. The van der Waals surface area contributed by atoms with Crippen molar-refractivity contribution in [2.24, 2.45) is 0 Å². The SMILES string of the molecule is O=C(CCCOc1cccc2ccccc12)N[C@@H]1CCO[C@@]2(CCS(=O)(=O)C2)C1. The van der Waals surface area contributed by atoms with Crippen molar-refractivity contribution in [2.45, 2.75) is 43.7 Å². The van der Waals surface area contributed by atoms with E-state index >= 15 is 0 Å². The van der Waals surface area contributed by atoms with Crippen molar-refractivity contribution in [3.05, 3.63) is 42.5 Å². The number of rotatable bonds is 6. The van der Waals surface area contributed by atoms with E-state index in [-0.39, 0.29) is 23.5 Å². The van der Waals surface area contributed by atoms with E-state index in [0.717, 1.165) is 22.9 Å². The monoisotopic (exact) mass is 417 g/mol. The van der Waals surface area contributed by atoms with Crippen LogP contribution in [0.5, 0.6) is 5.75 Å². The summed E-state index contributed by atoms with van der Waals surface area (Å²) in [6, 6.07) is 14.0. The first-order chi connectivity index (χ1) is 13.9. The summed E-state index contributed by atoms with van der Waals surface area (Å²) in [6.45, 7) is 0.960. The van der Waals surface area contributed by atoms with Gasteiger partial charge in [0.25, 0.3) is 0 Å². The molecule has 1 spiro atoms. The molecular weight excluding hydrogens is 390 g/mol. The van der Waals surface area contributed by atoms with E-state index in [9.17, 15) is 13.2 Å². The Morgan fingerprint density at radius 3 is 2.86 bits per heavy atom. The highest BCUT2D eigenvalue weighted by molar-refractivity contribution is 7.91. The summed E-state index contributed by atoms with van der Waals surface area (Å²) in [6.07, 6.45) is 2.83. The molecule has 2 aromatic carbocycles. The van der Waals surface area contributed by atoms with E-state index in [2.05, 4.69) is 5.32 Å². The number of amides is 1. The van der Waals surface area contributed by atoms with Gasteiger partial charge < -0.3 is 14.8 Å². The third-order valence-electron chi connectivity index (χ3n) is 5.77. The Labute approximate surface area is 171 Å². The van der Waals surface area contributed by atoms with Gasteiger partial charge in [0, 0.05) is 24.5 Å². The van der Waals surface area contributed by atoms with Crippen LogP contribution in [0.4, 0.5) is 0 Å². The van der Waals surface area contributed by atoms with E-state index in [1.165, 1.54) is 0 Å². The maximum Gasteiger partial charge on any atom is 0.220 e. The number of nitrogens with one attached hydrogen (secondary N) is 1. The average Bonchev–Trinajstić information content (AvgIpc) is 2.99. The van der Waals surface area contributed by atoms with E-state index < -0.39 is 15.4 Å². The van der Waals surface area contributed by atoms with Gasteiger partial charge >= 0.3 is 0 Å². The molecule has 2 heterocycles. The number of fused-ring (bicyclic) bond motifs is 1. The van der Waals surface area contributed by atoms with Gasteiger partial charge in [0.2, 0.25) is 5.91 Å². The lowest BCUT2D eigenvalue weighted by Gasteiger charge is -2.37. The fraction of sp³-hybridized carbons (Fsp3) is 0.500. The zero-order valence-corrected chi connectivity index (χ0v) is 17.2. The summed E-state index contributed by atoms with van der Waals surface area (Å²) in [5.74, 6) is 1.07. The first kappa shape index (κ1) is 20.2. The van der Waals surface area contributed by atoms with E-state index in [0.29, 0.717) is 38.9 Å². The zero-order chi connectivity index (χ0) is 20.3. The molecule has 2 aromatic rings. The van der Waals surface area contributed by atoms with Crippen LogP contribution in [-0.4, -0.2) is 50.7 Å². The minimum atomic E-state index is -3.02. The number of hydrogen-bond acceptors (Lipinski definition) is 5. The van der Waals surface area contributed by atoms with Crippen molar-refractivity contribution in [1.29, 1.82) is 0 Å². The van der Waals surface area contributed by atoms with Crippen LogP contribution in [0.3, 0.4) is 0 Å². The molecule has 0 saturated carbocycles. The van der Waals surface area contributed by atoms with Gasteiger partial charge in [0.1, 0.15) is 5.75 Å². The molecule has 0 unspecified atom stereocenters. The smallest absolute Gasteiger partial charge is 0.220 e. The van der Waals surface area contributed by atoms with Crippen LogP contribution in [0.1, 0.15) is 32.1 Å². The predicted octanol–water partition coefficient (Wildman–Crippen LogP) is 2.85. The van der Waals surface area contributed by atoms with Crippen LogP contribution in [0.2, 0.25) is 0 Å². The Morgan fingerprint density at radius 2 is 2.03 bits per heavy atom. The number of hydrogen-bond donors (Lipinski definition) is 1. The summed E-state index contributed by atoms with van der Waals surface area (Å²) in [5.41, 5.74) is -0.605. The van der Waals surface area contributed by atoms with Crippen molar-refractivity contribution < 1.29 is 22.7 Å². The molecule has 2 aliphatic rings. The maximum absolute atomic E-state index is 12.3. The molecule has 7 heteroatoms. The van der Waals surface area contributed by atoms with Crippen LogP contribution in [0, 0.1) is 0 Å². The normalized spacial score (nSPS) is 25.9. The topological polar surface area (TPSA) is 81.7 Å². The predicted molar refractivity (Wildman–Crippen MR) is 112 cm³/mol. The molecular formula is C22H27NO5S. The Bertz CT molecular complexity index is 984. The third-order valence-corrected chi connectivity index (χ3v) is 7.56. The van der Waals surface area contributed by atoms with Crippen LogP contribution >= 0.6 is 0 Å². The van der Waals surface area contributed by atoms with Gasteiger partial charge in [-0.15, -0.1) is 0 Å². The van der Waals surface area contributed by atoms with Crippen molar-refractivity contribution in [3.63, 3.8) is 0 Å². The highest BCUT2D eigenvalue weighted by Gasteiger charge is 2.46. The first-order valence-corrected chi connectivity index (χ1v) is 12.0. The first-order valence-electron chi connectivity index (χ1n) is 10.2. The molecule has 0 bridgehead atoms. The van der Waals surface area contributed by atoms with Gasteiger partial charge in [-0.2, -0.15) is 0 Å². The standard InChI is InChI=1S/C22H27NO5S/c24-21(23-18-10-13-28-22(15-18)11-14-29(25,26)16-22)9-4-12-27-20-8-3-6-17-5-1-2-7-19(17)20/h1-3,5-8,18H,4,9-16H2,(H,23,24)/t18-,22+/m1/s1. The summed E-state index contributed by atoms with van der Waals surface area (Å²) >= 11 is 0. The zero-order valence-electron chi connectivity index (χ0n) is 16.4. The number of ether oxygens (including phenoxy) is 2. The number of sulfone groups is 1. The van der Waals surface area contributed by atoms with E-state index in [4.69, 9.17) is 9.47 Å². The molecule has 6 nitrogen and oxygen atoms in total. The van der Waals surface area contributed by atoms with Gasteiger partial charge in [-0.25, -0.2) is 8.42 Å². The molecule has 0 radical (unpaired) electrons. The summed E-state index contributed by atoms with van der Waals surface area (Å²) in [5, 5.41) is 5.25. The number of carbonyl (C=O) groups is 1. The molecule has 1 N–H and O–H groups in total. The molecule has 4 rings (SSSR count). The van der Waals surface area contributed by atoms with Gasteiger partial charge in [-0.3, -0.25) is 4.79 Å². The van der Waals surface area contributed by atoms with Crippen LogP contribution in [-0.2, 0) is 19.4 Å². The van der Waals surface area contributed by atoms with Crippen LogP contribution in [0.15, 0.2) is 42.5 Å². The number of carbonyl (C=O) groups excluding carboxylic acids is 1. The lowest BCUT2D eigenvalue weighted by atomic mass is 9.90. The largest absolute Gasteiger partial charge is 0.493 e. The van der Waals surface area contributed by atoms with Gasteiger partial charge in [0.15, 0.2) is 9.84 Å². The second-order valence-corrected chi connectivity index (χ2v) is 10.2. The molecule has 2 aliphatic heterocycles. The minimum Gasteiger partial charge on any atom is -0.493 e. The molecule has 156 valence electrons. The van der Waals surface area contributed by atoms with Crippen molar-refractivity contribution in [1.82, 2.24) is 5.32 Å². The fourth-order valence-corrected chi connectivity index (χ4v) is 6.32. The Balaban J connectivity index is 1.23. The third kappa shape index (κ3) is 4.90. The quantitative estimate of drug-likeness (QED) is 0.731. The van der Waals surface area contributed by atoms with Crippen molar-refractivity contribution in [3.8, 4) is 5.75 Å². The van der Waals surface area contributed by atoms with Gasteiger partial charge in [-0.1, -0.05) is 36.4 Å². The molecule has 2 atom stereocenters. The second kappa shape index (κ2) is 8.32. The van der Waals surface area contributed by atoms with E-state index in [1.54, 1.807) is 0 Å². The highest BCUT2D eigenvalue weighted by atomic mass is 32.2. The molecule has 2 fully saturated rings. The lowest BCUT2D eigenvalue weighted by Crippen LogP contribution is -2.49. The Hall–Kier alpha value is -2.12. The summed E-state index contributed by atoms with van der Waals surface area (Å²) < 4.78 is 35.3. The lowest BCUT2D eigenvalue weighted by molar-refractivity contribution is -0.124. The molecule has 0 aromatic heterocycles. The Morgan fingerprint density at radius 1 is 1.21 bits per heavy atom. The summed E-state index contributed by atoms with van der Waals surface area (Å²) in [7, 11) is -3.02. The minimum absolute atomic E-state index is 0.0191. The fourth-order valence-electron chi connectivity index (χ4n) is 4.35. The van der Waals surface area contributed by atoms with Gasteiger partial charge in [-0.05, 0) is 37.1 Å². The maximum atomic E-state index is 12.3. The summed E-state index contributed by atoms with van der Waals surface area (Å²) in [4.78, 5) is 12.3. The van der Waals surface area contributed by atoms with Crippen molar-refractivity contribution >= 4 is 26.5 Å². The second-order valence-electron chi connectivity index (χ2n) is 8.06. The van der Waals surface area contributed by atoms with Crippen LogP contribution < -0.4 is 10.1 Å². The van der Waals surface area contributed by atoms with E-state index in [1.807, 2.05) is 42.5 Å². The highest BCUT2D eigenvalue weighted by Crippen LogP contribution is 2.35. The average molecular weight is 418 g/mol. The van der Waals surface area contributed by atoms with Crippen LogP contribution in [0.25, 0.3) is 10.8 Å². The molecule has 29 heavy (non-hydrogen) atoms. The number of benzene rings is 2. The molecule has 2 saturated heterocycles. The van der Waals surface area contributed by atoms with Gasteiger partial charge in [0.05, 0.1) is 23.7 Å². The molecule has 1 amide bonds. The molecule has 0 aliphatic carbocycles. The van der Waals surface area contributed by atoms with Crippen molar-refractivity contribution in [2.75, 3.05) is 24.7 Å².